The molecule has 2 rings (SSSR count). The van der Waals surface area contributed by atoms with Gasteiger partial charge in [0.2, 0.25) is 5.91 Å². The van der Waals surface area contributed by atoms with E-state index in [0.29, 0.717) is 23.6 Å². The summed E-state index contributed by atoms with van der Waals surface area (Å²) < 4.78 is 13.4. The second kappa shape index (κ2) is 5.43. The molecule has 1 saturated heterocycles. The van der Waals surface area contributed by atoms with E-state index < -0.39 is 5.82 Å². The van der Waals surface area contributed by atoms with Crippen LogP contribution in [0.25, 0.3) is 0 Å². The van der Waals surface area contributed by atoms with Gasteiger partial charge in [-0.1, -0.05) is 23.2 Å². The highest BCUT2D eigenvalue weighted by Gasteiger charge is 2.24. The van der Waals surface area contributed by atoms with E-state index in [4.69, 9.17) is 23.2 Å². The third-order valence-electron chi connectivity index (χ3n) is 2.97. The van der Waals surface area contributed by atoms with E-state index in [0.717, 1.165) is 0 Å². The lowest BCUT2D eigenvalue weighted by molar-refractivity contribution is -0.119. The summed E-state index contributed by atoms with van der Waals surface area (Å²) >= 11 is 11.7. The van der Waals surface area contributed by atoms with E-state index in [-0.39, 0.29) is 23.0 Å². The molecular weight excluding hydrogens is 278 g/mol. The molecule has 1 aliphatic rings. The molecule has 1 heterocycles. The molecule has 3 nitrogen and oxygen atoms in total. The molecule has 0 spiro atoms. The van der Waals surface area contributed by atoms with Crippen molar-refractivity contribution in [1.29, 1.82) is 0 Å². The molecule has 0 aromatic heterocycles. The van der Waals surface area contributed by atoms with Gasteiger partial charge in [-0.05, 0) is 24.6 Å². The molecule has 2 unspecified atom stereocenters. The molecule has 2 N–H and O–H groups in total. The van der Waals surface area contributed by atoms with Crippen molar-refractivity contribution in [2.24, 2.45) is 0 Å². The normalized spacial score (nSPS) is 20.9. The van der Waals surface area contributed by atoms with E-state index in [9.17, 15) is 9.18 Å². The Morgan fingerprint density at radius 2 is 2.17 bits per heavy atom. The molecule has 1 aromatic rings. The monoisotopic (exact) mass is 290 g/mol. The second-order valence-corrected chi connectivity index (χ2v) is 5.20. The van der Waals surface area contributed by atoms with Crippen LogP contribution >= 0.6 is 23.2 Å². The summed E-state index contributed by atoms with van der Waals surface area (Å²) in [7, 11) is 0. The zero-order valence-corrected chi connectivity index (χ0v) is 11.3. The molecule has 1 amide bonds. The predicted octanol–water partition coefficient (Wildman–Crippen LogP) is 2.67. The Labute approximate surface area is 115 Å². The van der Waals surface area contributed by atoms with Crippen molar-refractivity contribution in [1.82, 2.24) is 10.6 Å². The van der Waals surface area contributed by atoms with Gasteiger partial charge in [0.25, 0.3) is 0 Å². The van der Waals surface area contributed by atoms with Crippen molar-refractivity contribution in [3.8, 4) is 0 Å². The number of carbonyl (C=O) groups is 1. The van der Waals surface area contributed by atoms with Gasteiger partial charge in [-0.2, -0.15) is 0 Å². The average molecular weight is 291 g/mol. The zero-order chi connectivity index (χ0) is 13.3. The van der Waals surface area contributed by atoms with Crippen LogP contribution in [0.1, 0.15) is 24.9 Å². The first-order valence-electron chi connectivity index (χ1n) is 5.64. The number of nitrogens with one attached hydrogen (secondary N) is 2. The summed E-state index contributed by atoms with van der Waals surface area (Å²) in [6.45, 7) is 2.45. The Bertz CT molecular complexity index is 481. The second-order valence-electron chi connectivity index (χ2n) is 4.38. The standard InChI is InChI=1S/C12H13Cl2FN2O/c1-6(17-7-2-12(18)16-5-7)8-3-11(15)10(14)4-9(8)13/h3-4,6-7,17H,2,5H2,1H3,(H,16,18). The van der Waals surface area contributed by atoms with E-state index in [1.165, 1.54) is 12.1 Å². The molecule has 0 bridgehead atoms. The van der Waals surface area contributed by atoms with Crippen molar-refractivity contribution >= 4 is 29.1 Å². The van der Waals surface area contributed by atoms with Crippen LogP contribution in [-0.2, 0) is 4.79 Å². The number of amides is 1. The van der Waals surface area contributed by atoms with Crippen LogP contribution < -0.4 is 10.6 Å². The third kappa shape index (κ3) is 2.94. The molecule has 1 fully saturated rings. The summed E-state index contributed by atoms with van der Waals surface area (Å²) in [6, 6.07) is 2.61. The maximum absolute atomic E-state index is 13.4. The first kappa shape index (κ1) is 13.6. The van der Waals surface area contributed by atoms with E-state index in [1.54, 1.807) is 0 Å². The Morgan fingerprint density at radius 1 is 1.44 bits per heavy atom. The number of halogens is 3. The van der Waals surface area contributed by atoms with Gasteiger partial charge in [-0.25, -0.2) is 4.39 Å². The largest absolute Gasteiger partial charge is 0.354 e. The van der Waals surface area contributed by atoms with Gasteiger partial charge < -0.3 is 10.6 Å². The molecule has 98 valence electrons. The van der Waals surface area contributed by atoms with Crippen LogP contribution in [-0.4, -0.2) is 18.5 Å². The van der Waals surface area contributed by atoms with Crippen molar-refractivity contribution < 1.29 is 9.18 Å². The Morgan fingerprint density at radius 3 is 2.78 bits per heavy atom. The maximum Gasteiger partial charge on any atom is 0.221 e. The van der Waals surface area contributed by atoms with Crippen LogP contribution in [0.3, 0.4) is 0 Å². The number of carbonyl (C=O) groups excluding carboxylic acids is 1. The zero-order valence-electron chi connectivity index (χ0n) is 9.77. The van der Waals surface area contributed by atoms with Gasteiger partial charge in [0, 0.05) is 30.1 Å². The van der Waals surface area contributed by atoms with Crippen LogP contribution in [0.4, 0.5) is 4.39 Å². The van der Waals surface area contributed by atoms with Gasteiger partial charge in [0.15, 0.2) is 0 Å². The molecule has 1 aromatic carbocycles. The van der Waals surface area contributed by atoms with Gasteiger partial charge in [0.1, 0.15) is 5.82 Å². The van der Waals surface area contributed by atoms with Crippen molar-refractivity contribution in [3.63, 3.8) is 0 Å². The van der Waals surface area contributed by atoms with Crippen LogP contribution in [0.5, 0.6) is 0 Å². The first-order chi connectivity index (χ1) is 8.47. The lowest BCUT2D eigenvalue weighted by Crippen LogP contribution is -2.33. The highest BCUT2D eigenvalue weighted by Crippen LogP contribution is 2.29. The van der Waals surface area contributed by atoms with Gasteiger partial charge in [0.05, 0.1) is 5.02 Å². The highest BCUT2D eigenvalue weighted by molar-refractivity contribution is 6.35. The van der Waals surface area contributed by atoms with Crippen molar-refractivity contribution in [2.45, 2.75) is 25.4 Å². The summed E-state index contributed by atoms with van der Waals surface area (Å²) in [4.78, 5) is 11.1. The fourth-order valence-corrected chi connectivity index (χ4v) is 2.58. The Kier molecular flexibility index (Phi) is 4.10. The minimum Gasteiger partial charge on any atom is -0.354 e. The lowest BCUT2D eigenvalue weighted by Gasteiger charge is -2.19. The van der Waals surface area contributed by atoms with Crippen LogP contribution in [0.2, 0.25) is 10.0 Å². The quantitative estimate of drug-likeness (QED) is 0.841. The molecule has 0 saturated carbocycles. The SMILES string of the molecule is CC(NC1CNC(=O)C1)c1cc(F)c(Cl)cc1Cl. The molecule has 0 radical (unpaired) electrons. The fraction of sp³-hybridized carbons (Fsp3) is 0.417. The number of hydrogen-bond acceptors (Lipinski definition) is 2. The van der Waals surface area contributed by atoms with E-state index >= 15 is 0 Å². The number of rotatable bonds is 3. The molecule has 1 aliphatic heterocycles. The topological polar surface area (TPSA) is 41.1 Å². The van der Waals surface area contributed by atoms with Gasteiger partial charge >= 0.3 is 0 Å². The summed E-state index contributed by atoms with van der Waals surface area (Å²) in [5.41, 5.74) is 0.637. The molecular formula is C12H13Cl2FN2O. The minimum absolute atomic E-state index is 0.00802. The van der Waals surface area contributed by atoms with Gasteiger partial charge in [-0.15, -0.1) is 0 Å². The molecule has 0 aliphatic carbocycles. The smallest absolute Gasteiger partial charge is 0.221 e. The average Bonchev–Trinajstić information content (AvgIpc) is 2.69. The van der Waals surface area contributed by atoms with Gasteiger partial charge in [-0.3, -0.25) is 4.79 Å². The number of benzene rings is 1. The predicted molar refractivity (Wildman–Crippen MR) is 69.4 cm³/mol. The van der Waals surface area contributed by atoms with Crippen LogP contribution in [0.15, 0.2) is 12.1 Å². The first-order valence-corrected chi connectivity index (χ1v) is 6.40. The number of hydrogen-bond donors (Lipinski definition) is 2. The van der Waals surface area contributed by atoms with Crippen molar-refractivity contribution in [2.75, 3.05) is 6.54 Å². The maximum atomic E-state index is 13.4. The minimum atomic E-state index is -0.495. The van der Waals surface area contributed by atoms with E-state index in [2.05, 4.69) is 10.6 Å². The van der Waals surface area contributed by atoms with Crippen LogP contribution in [0, 0.1) is 5.82 Å². The molecule has 2 atom stereocenters. The Hall–Kier alpha value is -0.840. The summed E-state index contributed by atoms with van der Waals surface area (Å²) in [6.07, 6.45) is 0.429. The molecule has 6 heteroatoms. The lowest BCUT2D eigenvalue weighted by atomic mass is 10.1. The highest BCUT2D eigenvalue weighted by atomic mass is 35.5. The molecule has 18 heavy (non-hydrogen) atoms. The fourth-order valence-electron chi connectivity index (χ4n) is 2.04. The summed E-state index contributed by atoms with van der Waals surface area (Å²) in [5, 5.41) is 6.39. The third-order valence-corrected chi connectivity index (χ3v) is 3.59. The summed E-state index contributed by atoms with van der Waals surface area (Å²) in [5.74, 6) is -0.474. The van der Waals surface area contributed by atoms with E-state index in [1.807, 2.05) is 6.92 Å². The Balaban J connectivity index is 2.11. The van der Waals surface area contributed by atoms with Crippen molar-refractivity contribution in [3.05, 3.63) is 33.6 Å².